The van der Waals surface area contributed by atoms with E-state index in [1.165, 1.54) is 22.5 Å². The Bertz CT molecular complexity index is 1010. The SMILES string of the molecule is C=CCn1c(=S)sc2c(=O)n(Cc3cc(C)ccc3C)cnc21. The van der Waals surface area contributed by atoms with Gasteiger partial charge in [-0.15, -0.1) is 6.58 Å². The van der Waals surface area contributed by atoms with E-state index < -0.39 is 0 Å². The number of thiazole rings is 1. The first-order valence-corrected chi connectivity index (χ1v) is 8.49. The van der Waals surface area contributed by atoms with Crippen molar-refractivity contribution >= 4 is 33.9 Å². The highest BCUT2D eigenvalue weighted by molar-refractivity contribution is 7.73. The van der Waals surface area contributed by atoms with Gasteiger partial charge in [-0.3, -0.25) is 9.36 Å². The standard InChI is InChI=1S/C17H17N3OS2/c1-4-7-20-15-14(23-17(20)22)16(21)19(10-18-15)9-13-8-11(2)5-6-12(13)3/h4-6,8,10H,1,7,9H2,2-3H3. The van der Waals surface area contributed by atoms with Crippen LogP contribution in [0.25, 0.3) is 10.3 Å². The van der Waals surface area contributed by atoms with Gasteiger partial charge in [0.1, 0.15) is 11.0 Å². The second-order valence-electron chi connectivity index (χ2n) is 5.53. The van der Waals surface area contributed by atoms with Gasteiger partial charge in [-0.2, -0.15) is 0 Å². The number of nitrogens with zero attached hydrogens (tertiary/aromatic N) is 3. The summed E-state index contributed by atoms with van der Waals surface area (Å²) >= 11 is 6.65. The highest BCUT2D eigenvalue weighted by atomic mass is 32.1. The summed E-state index contributed by atoms with van der Waals surface area (Å²) in [6, 6.07) is 6.26. The van der Waals surface area contributed by atoms with E-state index in [2.05, 4.69) is 36.7 Å². The van der Waals surface area contributed by atoms with Crippen molar-refractivity contribution in [3.05, 3.63) is 68.2 Å². The average Bonchev–Trinajstić information content (AvgIpc) is 2.83. The Morgan fingerprint density at radius 2 is 2.17 bits per heavy atom. The molecule has 3 rings (SSSR count). The Hall–Kier alpha value is -2.05. The number of aromatic nitrogens is 3. The number of hydrogen-bond acceptors (Lipinski definition) is 4. The number of fused-ring (bicyclic) bond motifs is 1. The van der Waals surface area contributed by atoms with Crippen LogP contribution in [0.2, 0.25) is 0 Å². The minimum atomic E-state index is -0.0465. The van der Waals surface area contributed by atoms with E-state index in [4.69, 9.17) is 12.2 Å². The summed E-state index contributed by atoms with van der Waals surface area (Å²) in [4.78, 5) is 17.2. The van der Waals surface area contributed by atoms with E-state index in [1.807, 2.05) is 11.5 Å². The molecule has 23 heavy (non-hydrogen) atoms. The number of rotatable bonds is 4. The minimum absolute atomic E-state index is 0.0465. The summed E-state index contributed by atoms with van der Waals surface area (Å²) in [5, 5.41) is 0. The molecule has 1 aromatic carbocycles. The van der Waals surface area contributed by atoms with E-state index in [1.54, 1.807) is 17.0 Å². The highest BCUT2D eigenvalue weighted by Gasteiger charge is 2.12. The van der Waals surface area contributed by atoms with Crippen LogP contribution in [0, 0.1) is 17.8 Å². The van der Waals surface area contributed by atoms with Crippen molar-refractivity contribution in [1.82, 2.24) is 14.1 Å². The molecule has 0 saturated heterocycles. The normalized spacial score (nSPS) is 11.0. The van der Waals surface area contributed by atoms with E-state index in [9.17, 15) is 4.79 Å². The first kappa shape index (κ1) is 15.8. The van der Waals surface area contributed by atoms with Crippen molar-refractivity contribution in [3.8, 4) is 0 Å². The Kier molecular flexibility index (Phi) is 4.28. The number of hydrogen-bond donors (Lipinski definition) is 0. The molecule has 0 atom stereocenters. The topological polar surface area (TPSA) is 39.8 Å². The van der Waals surface area contributed by atoms with Gasteiger partial charge in [-0.05, 0) is 37.2 Å². The van der Waals surface area contributed by atoms with Crippen LogP contribution >= 0.6 is 23.6 Å². The van der Waals surface area contributed by atoms with Crippen LogP contribution < -0.4 is 5.56 Å². The van der Waals surface area contributed by atoms with Gasteiger partial charge in [0.15, 0.2) is 9.60 Å². The second-order valence-corrected chi connectivity index (χ2v) is 7.17. The molecule has 6 heteroatoms. The van der Waals surface area contributed by atoms with Crippen molar-refractivity contribution in [3.63, 3.8) is 0 Å². The molecule has 0 aliphatic heterocycles. The smallest absolute Gasteiger partial charge is 0.273 e. The molecule has 118 valence electrons. The van der Waals surface area contributed by atoms with Gasteiger partial charge in [0.25, 0.3) is 5.56 Å². The molecule has 0 unspecified atom stereocenters. The molecular formula is C17H17N3OS2. The summed E-state index contributed by atoms with van der Waals surface area (Å²) in [6.07, 6.45) is 3.36. The Balaban J connectivity index is 2.11. The number of benzene rings is 1. The zero-order valence-electron chi connectivity index (χ0n) is 13.1. The molecule has 2 aromatic heterocycles. The molecule has 0 fully saturated rings. The third-order valence-corrected chi connectivity index (χ3v) is 5.23. The summed E-state index contributed by atoms with van der Waals surface area (Å²) < 4.78 is 4.73. The van der Waals surface area contributed by atoms with E-state index >= 15 is 0 Å². The highest BCUT2D eigenvalue weighted by Crippen LogP contribution is 2.18. The Labute approximate surface area is 143 Å². The van der Waals surface area contributed by atoms with Crippen molar-refractivity contribution in [2.75, 3.05) is 0 Å². The molecule has 2 heterocycles. The lowest BCUT2D eigenvalue weighted by Crippen LogP contribution is -2.21. The lowest BCUT2D eigenvalue weighted by Gasteiger charge is -2.09. The first-order valence-electron chi connectivity index (χ1n) is 7.27. The molecule has 0 radical (unpaired) electrons. The maximum Gasteiger partial charge on any atom is 0.273 e. The predicted octanol–water partition coefficient (Wildman–Crippen LogP) is 3.84. The zero-order chi connectivity index (χ0) is 16.6. The quantitative estimate of drug-likeness (QED) is 0.534. The van der Waals surface area contributed by atoms with E-state index in [0.29, 0.717) is 27.4 Å². The molecule has 0 bridgehead atoms. The van der Waals surface area contributed by atoms with Crippen LogP contribution in [-0.4, -0.2) is 14.1 Å². The predicted molar refractivity (Wildman–Crippen MR) is 97.9 cm³/mol. The van der Waals surface area contributed by atoms with E-state index in [0.717, 1.165) is 5.56 Å². The Morgan fingerprint density at radius 1 is 1.39 bits per heavy atom. The van der Waals surface area contributed by atoms with Crippen LogP contribution in [0.4, 0.5) is 0 Å². The van der Waals surface area contributed by atoms with Gasteiger partial charge in [0, 0.05) is 6.54 Å². The lowest BCUT2D eigenvalue weighted by atomic mass is 10.1. The average molecular weight is 343 g/mol. The van der Waals surface area contributed by atoms with Gasteiger partial charge < -0.3 is 4.57 Å². The zero-order valence-corrected chi connectivity index (χ0v) is 14.7. The summed E-state index contributed by atoms with van der Waals surface area (Å²) in [7, 11) is 0. The molecule has 0 spiro atoms. The summed E-state index contributed by atoms with van der Waals surface area (Å²) in [5.74, 6) is 0. The van der Waals surface area contributed by atoms with Crippen molar-refractivity contribution in [1.29, 1.82) is 0 Å². The third kappa shape index (κ3) is 2.92. The molecule has 0 saturated carbocycles. The number of aryl methyl sites for hydroxylation is 2. The van der Waals surface area contributed by atoms with Crippen molar-refractivity contribution in [2.45, 2.75) is 26.9 Å². The van der Waals surface area contributed by atoms with Crippen molar-refractivity contribution in [2.24, 2.45) is 0 Å². The van der Waals surface area contributed by atoms with Crippen LogP contribution in [0.1, 0.15) is 16.7 Å². The molecule has 0 N–H and O–H groups in total. The van der Waals surface area contributed by atoms with Gasteiger partial charge in [0.2, 0.25) is 0 Å². The van der Waals surface area contributed by atoms with Crippen LogP contribution in [0.3, 0.4) is 0 Å². The molecule has 3 aromatic rings. The van der Waals surface area contributed by atoms with Gasteiger partial charge in [0.05, 0.1) is 6.54 Å². The summed E-state index contributed by atoms with van der Waals surface area (Å²) in [5.41, 5.74) is 4.07. The molecule has 4 nitrogen and oxygen atoms in total. The largest absolute Gasteiger partial charge is 0.304 e. The fourth-order valence-electron chi connectivity index (χ4n) is 2.53. The van der Waals surface area contributed by atoms with Gasteiger partial charge in [-0.25, -0.2) is 4.98 Å². The first-order chi connectivity index (χ1) is 11.0. The fraction of sp³-hybridized carbons (Fsp3) is 0.235. The lowest BCUT2D eigenvalue weighted by molar-refractivity contribution is 0.737. The molecular weight excluding hydrogens is 326 g/mol. The van der Waals surface area contributed by atoms with Crippen LogP contribution in [0.15, 0.2) is 42.0 Å². The fourth-order valence-corrected chi connectivity index (χ4v) is 3.84. The molecule has 0 aliphatic carbocycles. The maximum atomic E-state index is 12.7. The minimum Gasteiger partial charge on any atom is -0.304 e. The maximum absolute atomic E-state index is 12.7. The van der Waals surface area contributed by atoms with E-state index in [-0.39, 0.29) is 5.56 Å². The molecule has 0 amide bonds. The van der Waals surface area contributed by atoms with Crippen LogP contribution in [0.5, 0.6) is 0 Å². The Morgan fingerprint density at radius 3 is 2.91 bits per heavy atom. The van der Waals surface area contributed by atoms with Gasteiger partial charge >= 0.3 is 0 Å². The number of allylic oxidation sites excluding steroid dienone is 1. The summed E-state index contributed by atoms with van der Waals surface area (Å²) in [6.45, 7) is 8.90. The molecule has 0 aliphatic rings. The van der Waals surface area contributed by atoms with Gasteiger partial charge in [-0.1, -0.05) is 41.2 Å². The monoisotopic (exact) mass is 343 g/mol. The third-order valence-electron chi connectivity index (χ3n) is 3.80. The van der Waals surface area contributed by atoms with Crippen molar-refractivity contribution < 1.29 is 0 Å². The van der Waals surface area contributed by atoms with Crippen LogP contribution in [-0.2, 0) is 13.1 Å². The second kappa shape index (κ2) is 6.22.